The van der Waals surface area contributed by atoms with Crippen molar-refractivity contribution in [2.24, 2.45) is 5.92 Å². The summed E-state index contributed by atoms with van der Waals surface area (Å²) in [5.74, 6) is -2.82. The van der Waals surface area contributed by atoms with Gasteiger partial charge in [-0.25, -0.2) is 0 Å². The van der Waals surface area contributed by atoms with Gasteiger partial charge in [-0.3, -0.25) is 9.59 Å². The molecule has 148 valence electrons. The molecule has 2 aliphatic heterocycles. The molecule has 0 bridgehead atoms. The predicted octanol–water partition coefficient (Wildman–Crippen LogP) is -1.98. The summed E-state index contributed by atoms with van der Waals surface area (Å²) in [5.41, 5.74) is 1.80. The minimum atomic E-state index is -1.45. The molecule has 1 fully saturated rings. The maximum atomic E-state index is 12.6. The van der Waals surface area contributed by atoms with E-state index in [0.29, 0.717) is 22.4 Å². The number of anilines is 1. The molecular formula is C22H19N2NaO5. The van der Waals surface area contributed by atoms with Crippen LogP contribution < -0.4 is 40.0 Å². The summed E-state index contributed by atoms with van der Waals surface area (Å²) in [6, 6.07) is 15.2. The Kier molecular flexibility index (Phi) is 6.47. The van der Waals surface area contributed by atoms with Gasteiger partial charge >= 0.3 is 29.6 Å². The molecule has 0 aromatic heterocycles. The molecule has 4 rings (SSSR count). The van der Waals surface area contributed by atoms with Gasteiger partial charge in [-0.2, -0.15) is 0 Å². The van der Waals surface area contributed by atoms with Crippen molar-refractivity contribution in [3.05, 3.63) is 71.4 Å². The third kappa shape index (κ3) is 3.81. The Morgan fingerprint density at radius 1 is 1.17 bits per heavy atom. The molecular weight excluding hydrogens is 395 g/mol. The van der Waals surface area contributed by atoms with Gasteiger partial charge in [0.1, 0.15) is 0 Å². The molecule has 0 aliphatic carbocycles. The molecule has 2 aliphatic rings. The molecule has 30 heavy (non-hydrogen) atoms. The summed E-state index contributed by atoms with van der Waals surface area (Å²) in [5, 5.41) is 24.4. The number of aliphatic hydroxyl groups excluding tert-OH is 1. The van der Waals surface area contributed by atoms with Crippen molar-refractivity contribution in [3.8, 4) is 0 Å². The van der Waals surface area contributed by atoms with Gasteiger partial charge in [0.15, 0.2) is 0 Å². The minimum absolute atomic E-state index is 0. The van der Waals surface area contributed by atoms with Crippen LogP contribution in [0.3, 0.4) is 0 Å². The number of aliphatic carboxylic acids is 1. The first kappa shape index (κ1) is 22.2. The Morgan fingerprint density at radius 2 is 1.87 bits per heavy atom. The standard InChI is InChI=1S/C22H20N2O5.Na/c1-12(25)18-17-11-16(19(22(28)29)24(17)21(18)27)13-6-5-7-14(10-13)20(26)23-15-8-3-2-4-9-15;/h2-10,12,17-18,25H,11H2,1H3,(H,23,26)(H,28,29);/q;+1/p-1. The van der Waals surface area contributed by atoms with Crippen molar-refractivity contribution in [1.29, 1.82) is 0 Å². The molecule has 0 spiro atoms. The van der Waals surface area contributed by atoms with Gasteiger partial charge in [0.2, 0.25) is 5.91 Å². The number of β-lactam (4-membered cyclic amide) rings is 1. The molecule has 1 saturated heterocycles. The molecule has 2 amide bonds. The summed E-state index contributed by atoms with van der Waals surface area (Å²) in [7, 11) is 0. The van der Waals surface area contributed by atoms with Crippen molar-refractivity contribution in [1.82, 2.24) is 4.90 Å². The second-order valence-corrected chi connectivity index (χ2v) is 7.26. The second-order valence-electron chi connectivity index (χ2n) is 7.26. The number of amides is 2. The first-order chi connectivity index (χ1) is 13.9. The van der Waals surface area contributed by atoms with Crippen LogP contribution in [0.4, 0.5) is 5.69 Å². The fourth-order valence-electron chi connectivity index (χ4n) is 4.09. The van der Waals surface area contributed by atoms with E-state index in [-0.39, 0.29) is 47.6 Å². The Hall–Kier alpha value is -2.45. The topological polar surface area (TPSA) is 110 Å². The number of carbonyl (C=O) groups excluding carboxylic acids is 3. The number of fused-ring (bicyclic) bond motifs is 1. The van der Waals surface area contributed by atoms with E-state index in [1.165, 1.54) is 11.8 Å². The van der Waals surface area contributed by atoms with Crippen molar-refractivity contribution >= 4 is 29.0 Å². The van der Waals surface area contributed by atoms with E-state index in [4.69, 9.17) is 0 Å². The predicted molar refractivity (Wildman–Crippen MR) is 103 cm³/mol. The molecule has 8 heteroatoms. The number of nitrogens with zero attached hydrogens (tertiary/aromatic N) is 1. The zero-order valence-electron chi connectivity index (χ0n) is 16.7. The van der Waals surface area contributed by atoms with Crippen LogP contribution >= 0.6 is 0 Å². The maximum absolute atomic E-state index is 12.6. The van der Waals surface area contributed by atoms with Crippen LogP contribution in [0.15, 0.2) is 60.3 Å². The first-order valence-corrected chi connectivity index (χ1v) is 9.31. The molecule has 3 atom stereocenters. The van der Waals surface area contributed by atoms with E-state index >= 15 is 0 Å². The van der Waals surface area contributed by atoms with Crippen molar-refractivity contribution < 1.29 is 54.2 Å². The van der Waals surface area contributed by atoms with Crippen molar-refractivity contribution in [2.45, 2.75) is 25.5 Å². The Morgan fingerprint density at radius 3 is 2.50 bits per heavy atom. The van der Waals surface area contributed by atoms with Crippen molar-refractivity contribution in [2.75, 3.05) is 5.32 Å². The Balaban J connectivity index is 0.00000256. The normalized spacial score (nSPS) is 20.7. The van der Waals surface area contributed by atoms with Crippen LogP contribution in [0.2, 0.25) is 0 Å². The zero-order chi connectivity index (χ0) is 20.7. The molecule has 2 aromatic carbocycles. The van der Waals surface area contributed by atoms with Gasteiger partial charge < -0.3 is 25.2 Å². The molecule has 0 radical (unpaired) electrons. The number of hydrogen-bond donors (Lipinski definition) is 2. The van der Waals surface area contributed by atoms with Crippen LogP contribution in [-0.2, 0) is 9.59 Å². The monoisotopic (exact) mass is 414 g/mol. The number of rotatable bonds is 5. The smallest absolute Gasteiger partial charge is 0.543 e. The van der Waals surface area contributed by atoms with Crippen LogP contribution in [-0.4, -0.2) is 39.9 Å². The van der Waals surface area contributed by atoms with Crippen LogP contribution in [0.25, 0.3) is 5.57 Å². The number of carbonyl (C=O) groups is 3. The van der Waals surface area contributed by atoms with Gasteiger partial charge in [-0.05, 0) is 48.7 Å². The zero-order valence-corrected chi connectivity index (χ0v) is 18.7. The fraction of sp³-hybridized carbons (Fsp3) is 0.227. The SMILES string of the molecule is CC(O)C1C(=O)N2C(C(=O)[O-])=C(c3cccc(C(=O)Nc4ccccc4)c3)CC12.[Na+]. The average molecular weight is 414 g/mol. The first-order valence-electron chi connectivity index (χ1n) is 9.31. The molecule has 3 unspecified atom stereocenters. The number of carboxylic acid groups (broad SMARTS) is 1. The summed E-state index contributed by atoms with van der Waals surface area (Å²) in [6.45, 7) is 1.52. The summed E-state index contributed by atoms with van der Waals surface area (Å²) >= 11 is 0. The minimum Gasteiger partial charge on any atom is -0.543 e. The fourth-order valence-corrected chi connectivity index (χ4v) is 4.09. The van der Waals surface area contributed by atoms with Crippen LogP contribution in [0.5, 0.6) is 0 Å². The quantitative estimate of drug-likeness (QED) is 0.435. The number of aliphatic hydroxyl groups is 1. The Bertz CT molecular complexity index is 1030. The number of carboxylic acids is 1. The molecule has 7 nitrogen and oxygen atoms in total. The third-order valence-corrected chi connectivity index (χ3v) is 5.43. The molecule has 2 heterocycles. The third-order valence-electron chi connectivity index (χ3n) is 5.43. The van der Waals surface area contributed by atoms with Crippen LogP contribution in [0.1, 0.15) is 29.3 Å². The largest absolute Gasteiger partial charge is 1.00 e. The molecule has 2 N–H and O–H groups in total. The second kappa shape index (κ2) is 8.73. The summed E-state index contributed by atoms with van der Waals surface area (Å²) in [4.78, 5) is 37.9. The number of para-hydroxylation sites is 1. The number of benzene rings is 2. The summed E-state index contributed by atoms with van der Waals surface area (Å²) < 4.78 is 0. The molecule has 2 aromatic rings. The van der Waals surface area contributed by atoms with E-state index in [0.717, 1.165) is 0 Å². The summed E-state index contributed by atoms with van der Waals surface area (Å²) in [6.07, 6.45) is -0.580. The van der Waals surface area contributed by atoms with Crippen molar-refractivity contribution in [3.63, 3.8) is 0 Å². The van der Waals surface area contributed by atoms with E-state index in [9.17, 15) is 24.6 Å². The van der Waals surface area contributed by atoms with Crippen LogP contribution in [0, 0.1) is 5.92 Å². The van der Waals surface area contributed by atoms with Gasteiger partial charge in [0.25, 0.3) is 5.91 Å². The van der Waals surface area contributed by atoms with E-state index in [1.54, 1.807) is 48.5 Å². The van der Waals surface area contributed by atoms with Gasteiger partial charge in [-0.1, -0.05) is 30.3 Å². The van der Waals surface area contributed by atoms with Gasteiger partial charge in [0.05, 0.1) is 29.7 Å². The maximum Gasteiger partial charge on any atom is 1.00 e. The Labute approximate surface area is 195 Å². The van der Waals surface area contributed by atoms with E-state index in [1.807, 2.05) is 6.07 Å². The number of hydrogen-bond acceptors (Lipinski definition) is 5. The average Bonchev–Trinajstić information content (AvgIpc) is 3.04. The van der Waals surface area contributed by atoms with Gasteiger partial charge in [0, 0.05) is 11.3 Å². The van der Waals surface area contributed by atoms with Gasteiger partial charge in [-0.15, -0.1) is 0 Å². The number of nitrogens with one attached hydrogen (secondary N) is 1. The van der Waals surface area contributed by atoms with E-state index < -0.39 is 29.9 Å². The van der Waals surface area contributed by atoms with E-state index in [2.05, 4.69) is 5.32 Å². The molecule has 0 saturated carbocycles.